The number of nitrogens with zero attached hydrogens (tertiary/aromatic N) is 2. The Kier molecular flexibility index (Phi) is 5.02. The maximum absolute atomic E-state index is 12.6. The highest BCUT2D eigenvalue weighted by Gasteiger charge is 2.15. The van der Waals surface area contributed by atoms with E-state index in [-0.39, 0.29) is 12.2 Å². The van der Waals surface area contributed by atoms with E-state index in [4.69, 9.17) is 9.15 Å². The largest absolute Gasteiger partial charge is 0.452 e. The van der Waals surface area contributed by atoms with Crippen LogP contribution in [-0.2, 0) is 17.9 Å². The molecule has 0 aliphatic carbocycles. The van der Waals surface area contributed by atoms with Crippen LogP contribution in [0, 0.1) is 20.8 Å². The second kappa shape index (κ2) is 7.39. The summed E-state index contributed by atoms with van der Waals surface area (Å²) in [5.41, 5.74) is 2.45. The average molecular weight is 352 g/mol. The maximum Gasteiger partial charge on any atom is 0.344 e. The van der Waals surface area contributed by atoms with E-state index in [1.54, 1.807) is 19.2 Å². The molecule has 2 heterocycles. The summed E-state index contributed by atoms with van der Waals surface area (Å²) in [6.45, 7) is 5.87. The number of carbonyl (C=O) groups is 1. The molecule has 0 atom stereocenters. The molecule has 0 saturated heterocycles. The first-order chi connectivity index (χ1) is 12.4. The van der Waals surface area contributed by atoms with Gasteiger partial charge < -0.3 is 13.7 Å². The van der Waals surface area contributed by atoms with Crippen molar-refractivity contribution < 1.29 is 13.9 Å². The van der Waals surface area contributed by atoms with Crippen molar-refractivity contribution in [3.8, 4) is 0 Å². The molecular formula is C20H20N2O4. The van der Waals surface area contributed by atoms with Crippen LogP contribution >= 0.6 is 0 Å². The zero-order valence-electron chi connectivity index (χ0n) is 15.0. The topological polar surface area (TPSA) is 74.3 Å². The molecule has 0 aliphatic rings. The summed E-state index contributed by atoms with van der Waals surface area (Å²) < 4.78 is 12.0. The minimum atomic E-state index is -0.693. The summed E-state index contributed by atoms with van der Waals surface area (Å²) in [6.07, 6.45) is 1.66. The fourth-order valence-corrected chi connectivity index (χ4v) is 2.63. The third-order valence-electron chi connectivity index (χ3n) is 4.08. The molecule has 26 heavy (non-hydrogen) atoms. The Bertz CT molecular complexity index is 982. The summed E-state index contributed by atoms with van der Waals surface area (Å²) in [4.78, 5) is 29.0. The maximum atomic E-state index is 12.6. The van der Waals surface area contributed by atoms with Gasteiger partial charge in [-0.05, 0) is 38.5 Å². The first-order valence-electron chi connectivity index (χ1n) is 8.29. The number of aryl methyl sites for hydroxylation is 3. The standard InChI is InChI=1S/C20H20N2O4/c1-13-6-4-7-16(10-13)11-22-9-5-8-17(19(22)23)20(24)25-12-18-21-14(2)15(3)26-18/h4-10H,11-12H2,1-3H3. The minimum absolute atomic E-state index is 0.0137. The molecule has 0 spiro atoms. The van der Waals surface area contributed by atoms with Crippen LogP contribution in [0.4, 0.5) is 0 Å². The van der Waals surface area contributed by atoms with Crippen molar-refractivity contribution in [1.29, 1.82) is 0 Å². The first-order valence-corrected chi connectivity index (χ1v) is 8.29. The molecule has 0 saturated carbocycles. The summed E-state index contributed by atoms with van der Waals surface area (Å²) >= 11 is 0. The van der Waals surface area contributed by atoms with Gasteiger partial charge in [-0.2, -0.15) is 0 Å². The molecule has 0 radical (unpaired) electrons. The second-order valence-electron chi connectivity index (χ2n) is 6.17. The molecule has 0 fully saturated rings. The molecule has 6 heteroatoms. The Morgan fingerprint density at radius 1 is 1.19 bits per heavy atom. The van der Waals surface area contributed by atoms with Gasteiger partial charge in [0.2, 0.25) is 5.89 Å². The zero-order valence-corrected chi connectivity index (χ0v) is 15.0. The molecule has 0 aliphatic heterocycles. The number of oxazole rings is 1. The molecule has 0 bridgehead atoms. The van der Waals surface area contributed by atoms with E-state index in [9.17, 15) is 9.59 Å². The third-order valence-corrected chi connectivity index (χ3v) is 4.08. The molecule has 0 unspecified atom stereocenters. The van der Waals surface area contributed by atoms with Gasteiger partial charge in [-0.25, -0.2) is 9.78 Å². The lowest BCUT2D eigenvalue weighted by molar-refractivity contribution is 0.0434. The fraction of sp³-hybridized carbons (Fsp3) is 0.250. The minimum Gasteiger partial charge on any atom is -0.452 e. The zero-order chi connectivity index (χ0) is 18.7. The molecule has 3 rings (SSSR count). The Hall–Kier alpha value is -3.15. The van der Waals surface area contributed by atoms with Crippen LogP contribution in [0.3, 0.4) is 0 Å². The van der Waals surface area contributed by atoms with Crippen molar-refractivity contribution in [2.75, 3.05) is 0 Å². The van der Waals surface area contributed by atoms with E-state index in [1.165, 1.54) is 10.6 Å². The van der Waals surface area contributed by atoms with Gasteiger partial charge in [0.15, 0.2) is 6.61 Å². The van der Waals surface area contributed by atoms with Crippen LogP contribution in [0.25, 0.3) is 0 Å². The molecule has 2 aromatic heterocycles. The van der Waals surface area contributed by atoms with E-state index in [1.807, 2.05) is 38.1 Å². The van der Waals surface area contributed by atoms with E-state index >= 15 is 0 Å². The van der Waals surface area contributed by atoms with Crippen molar-refractivity contribution >= 4 is 5.97 Å². The average Bonchev–Trinajstić information content (AvgIpc) is 2.93. The van der Waals surface area contributed by atoms with Crippen molar-refractivity contribution in [2.24, 2.45) is 0 Å². The monoisotopic (exact) mass is 352 g/mol. The van der Waals surface area contributed by atoms with Crippen molar-refractivity contribution in [3.05, 3.63) is 87.0 Å². The summed E-state index contributed by atoms with van der Waals surface area (Å²) in [5, 5.41) is 0. The van der Waals surface area contributed by atoms with Gasteiger partial charge in [0.25, 0.3) is 5.56 Å². The number of hydrogen-bond donors (Lipinski definition) is 0. The highest BCUT2D eigenvalue weighted by molar-refractivity contribution is 5.88. The Morgan fingerprint density at radius 2 is 2.00 bits per heavy atom. The Morgan fingerprint density at radius 3 is 2.69 bits per heavy atom. The number of esters is 1. The normalized spacial score (nSPS) is 10.7. The van der Waals surface area contributed by atoms with Crippen molar-refractivity contribution in [1.82, 2.24) is 9.55 Å². The third kappa shape index (κ3) is 3.91. The molecular weight excluding hydrogens is 332 g/mol. The summed E-state index contributed by atoms with van der Waals surface area (Å²) in [6, 6.07) is 11.0. The van der Waals surface area contributed by atoms with Crippen LogP contribution in [-0.4, -0.2) is 15.5 Å². The second-order valence-corrected chi connectivity index (χ2v) is 6.17. The van der Waals surface area contributed by atoms with Crippen LogP contribution in [0.1, 0.15) is 38.8 Å². The summed E-state index contributed by atoms with van der Waals surface area (Å²) in [5.74, 6) is 0.294. The van der Waals surface area contributed by atoms with E-state index < -0.39 is 11.5 Å². The van der Waals surface area contributed by atoms with E-state index in [2.05, 4.69) is 4.98 Å². The quantitative estimate of drug-likeness (QED) is 0.660. The first kappa shape index (κ1) is 17.7. The van der Waals surface area contributed by atoms with E-state index in [0.717, 1.165) is 16.8 Å². The van der Waals surface area contributed by atoms with Crippen LogP contribution < -0.4 is 5.56 Å². The SMILES string of the molecule is Cc1cccc(Cn2cccc(C(=O)OCc3nc(C)c(C)o3)c2=O)c1. The number of benzene rings is 1. The van der Waals surface area contributed by atoms with Gasteiger partial charge in [-0.1, -0.05) is 29.8 Å². The van der Waals surface area contributed by atoms with Gasteiger partial charge in [0.05, 0.1) is 12.2 Å². The molecule has 0 amide bonds. The van der Waals surface area contributed by atoms with Gasteiger partial charge in [0.1, 0.15) is 11.3 Å². The predicted octanol–water partition coefficient (Wildman–Crippen LogP) is 3.17. The Labute approximate surface area is 151 Å². The molecule has 3 aromatic rings. The fourth-order valence-electron chi connectivity index (χ4n) is 2.63. The number of hydrogen-bond acceptors (Lipinski definition) is 5. The number of rotatable bonds is 5. The van der Waals surface area contributed by atoms with Crippen molar-refractivity contribution in [2.45, 2.75) is 33.9 Å². The van der Waals surface area contributed by atoms with E-state index in [0.29, 0.717) is 18.2 Å². The number of aromatic nitrogens is 2. The predicted molar refractivity (Wildman–Crippen MR) is 96.1 cm³/mol. The number of carbonyl (C=O) groups excluding carboxylic acids is 1. The molecule has 0 N–H and O–H groups in total. The number of pyridine rings is 1. The van der Waals surface area contributed by atoms with Gasteiger partial charge >= 0.3 is 5.97 Å². The van der Waals surface area contributed by atoms with Crippen LogP contribution in [0.2, 0.25) is 0 Å². The highest BCUT2D eigenvalue weighted by Crippen LogP contribution is 2.10. The Balaban J connectivity index is 1.75. The number of ether oxygens (including phenoxy) is 1. The smallest absolute Gasteiger partial charge is 0.344 e. The molecule has 1 aromatic carbocycles. The van der Waals surface area contributed by atoms with Crippen molar-refractivity contribution in [3.63, 3.8) is 0 Å². The lowest BCUT2D eigenvalue weighted by Crippen LogP contribution is -2.27. The van der Waals surface area contributed by atoms with Crippen LogP contribution in [0.15, 0.2) is 51.8 Å². The highest BCUT2D eigenvalue weighted by atomic mass is 16.5. The molecule has 6 nitrogen and oxygen atoms in total. The lowest BCUT2D eigenvalue weighted by atomic mass is 10.1. The van der Waals surface area contributed by atoms with Crippen LogP contribution in [0.5, 0.6) is 0 Å². The van der Waals surface area contributed by atoms with Gasteiger partial charge in [-0.3, -0.25) is 4.79 Å². The van der Waals surface area contributed by atoms with Gasteiger partial charge in [0, 0.05) is 6.20 Å². The summed E-state index contributed by atoms with van der Waals surface area (Å²) in [7, 11) is 0. The molecule has 134 valence electrons. The lowest BCUT2D eigenvalue weighted by Gasteiger charge is -2.08. The van der Waals surface area contributed by atoms with Gasteiger partial charge in [-0.15, -0.1) is 0 Å².